The Balaban J connectivity index is 2.54. The van der Waals surface area contributed by atoms with Crippen molar-refractivity contribution in [2.75, 3.05) is 19.5 Å². The topological polar surface area (TPSA) is 30.8 Å². The molecule has 0 fully saturated rings. The van der Waals surface area contributed by atoms with E-state index < -0.39 is 0 Å². The molecule has 0 radical (unpaired) electrons. The van der Waals surface area contributed by atoms with E-state index in [1.54, 1.807) is 11.8 Å². The van der Waals surface area contributed by atoms with E-state index in [9.17, 15) is 0 Å². The monoisotopic (exact) mass is 315 g/mol. The van der Waals surface area contributed by atoms with Crippen molar-refractivity contribution >= 4 is 33.4 Å². The Morgan fingerprint density at radius 2 is 2.35 bits per heavy atom. The minimum absolute atomic E-state index is 0.636. The Morgan fingerprint density at radius 3 is 2.94 bits per heavy atom. The molecule has 0 N–H and O–H groups in total. The summed E-state index contributed by atoms with van der Waals surface area (Å²) >= 11 is 5.22. The fourth-order valence-corrected chi connectivity index (χ4v) is 2.81. The van der Waals surface area contributed by atoms with Gasteiger partial charge in [0, 0.05) is 11.3 Å². The molecule has 0 aliphatic carbocycles. The van der Waals surface area contributed by atoms with Gasteiger partial charge in [0.1, 0.15) is 12.4 Å². The first kappa shape index (κ1) is 12.8. The molecule has 0 atom stereocenters. The molecule has 1 aromatic carbocycles. The van der Waals surface area contributed by atoms with Gasteiger partial charge in [-0.2, -0.15) is 0 Å². The van der Waals surface area contributed by atoms with Crippen LogP contribution in [0.1, 0.15) is 18.9 Å². The van der Waals surface area contributed by atoms with E-state index in [0.717, 1.165) is 27.9 Å². The van der Waals surface area contributed by atoms with Crippen LogP contribution in [0.25, 0.3) is 0 Å². The minimum Gasteiger partial charge on any atom is -0.492 e. The zero-order chi connectivity index (χ0) is 12.3. The molecule has 0 saturated carbocycles. The third-order valence-electron chi connectivity index (χ3n) is 2.47. The summed E-state index contributed by atoms with van der Waals surface area (Å²) in [6.07, 6.45) is 2.89. The summed E-state index contributed by atoms with van der Waals surface area (Å²) in [7, 11) is 0. The fourth-order valence-electron chi connectivity index (χ4n) is 1.75. The van der Waals surface area contributed by atoms with Crippen molar-refractivity contribution in [3.63, 3.8) is 0 Å². The largest absolute Gasteiger partial charge is 0.492 e. The molecule has 5 heteroatoms. The van der Waals surface area contributed by atoms with Gasteiger partial charge < -0.3 is 9.57 Å². The van der Waals surface area contributed by atoms with Crippen LogP contribution in [0.2, 0.25) is 0 Å². The van der Waals surface area contributed by atoms with E-state index in [2.05, 4.69) is 33.4 Å². The normalized spacial score (nSPS) is 14.4. The van der Waals surface area contributed by atoms with Gasteiger partial charge in [-0.25, -0.2) is 0 Å². The molecular weight excluding hydrogens is 302 g/mol. The number of benzene rings is 1. The van der Waals surface area contributed by atoms with Crippen LogP contribution in [0.4, 0.5) is 0 Å². The van der Waals surface area contributed by atoms with Crippen LogP contribution in [0.5, 0.6) is 5.75 Å². The van der Waals surface area contributed by atoms with Gasteiger partial charge in [-0.05, 0) is 41.2 Å². The maximum Gasteiger partial charge on any atom is 0.143 e. The van der Waals surface area contributed by atoms with Gasteiger partial charge in [-0.1, -0.05) is 5.16 Å². The SMILES string of the molecule is CCOc1c(Br)ccc(SC)c1C1=NOCC1. The molecule has 0 aromatic heterocycles. The number of halogens is 1. The number of rotatable bonds is 4. The average molecular weight is 316 g/mol. The molecule has 2 rings (SSSR count). The summed E-state index contributed by atoms with van der Waals surface area (Å²) in [4.78, 5) is 6.26. The molecule has 0 spiro atoms. The highest BCUT2D eigenvalue weighted by Crippen LogP contribution is 2.37. The fraction of sp³-hybridized carbons (Fsp3) is 0.417. The van der Waals surface area contributed by atoms with E-state index in [-0.39, 0.29) is 0 Å². The first-order valence-corrected chi connectivity index (χ1v) is 7.48. The van der Waals surface area contributed by atoms with E-state index >= 15 is 0 Å². The zero-order valence-electron chi connectivity index (χ0n) is 9.83. The van der Waals surface area contributed by atoms with Gasteiger partial charge in [0.2, 0.25) is 0 Å². The van der Waals surface area contributed by atoms with Gasteiger partial charge in [0.15, 0.2) is 0 Å². The van der Waals surface area contributed by atoms with Gasteiger partial charge in [0.05, 0.1) is 22.4 Å². The predicted octanol–water partition coefficient (Wildman–Crippen LogP) is 3.69. The van der Waals surface area contributed by atoms with Crippen molar-refractivity contribution in [1.29, 1.82) is 0 Å². The summed E-state index contributed by atoms with van der Waals surface area (Å²) < 4.78 is 6.69. The Hall–Kier alpha value is -0.680. The molecule has 17 heavy (non-hydrogen) atoms. The maximum atomic E-state index is 5.73. The highest BCUT2D eigenvalue weighted by molar-refractivity contribution is 9.10. The Bertz CT molecular complexity index is 448. The highest BCUT2D eigenvalue weighted by atomic mass is 79.9. The summed E-state index contributed by atoms with van der Waals surface area (Å²) in [6, 6.07) is 4.09. The number of ether oxygens (including phenoxy) is 1. The summed E-state index contributed by atoms with van der Waals surface area (Å²) in [5, 5.41) is 4.10. The van der Waals surface area contributed by atoms with E-state index in [4.69, 9.17) is 9.57 Å². The second-order valence-corrected chi connectivity index (χ2v) is 5.21. The number of hydrogen-bond donors (Lipinski definition) is 0. The smallest absolute Gasteiger partial charge is 0.143 e. The molecule has 0 amide bonds. The van der Waals surface area contributed by atoms with Crippen LogP contribution in [-0.4, -0.2) is 25.2 Å². The van der Waals surface area contributed by atoms with Crippen molar-refractivity contribution in [3.8, 4) is 5.75 Å². The molecule has 92 valence electrons. The average Bonchev–Trinajstić information content (AvgIpc) is 2.85. The summed E-state index contributed by atoms with van der Waals surface area (Å²) in [5.41, 5.74) is 2.03. The van der Waals surface area contributed by atoms with Gasteiger partial charge in [-0.15, -0.1) is 11.8 Å². The van der Waals surface area contributed by atoms with Gasteiger partial charge in [0.25, 0.3) is 0 Å². The van der Waals surface area contributed by atoms with Crippen LogP contribution in [0.15, 0.2) is 26.7 Å². The van der Waals surface area contributed by atoms with Crippen LogP contribution in [0.3, 0.4) is 0 Å². The number of oxime groups is 1. The first-order valence-electron chi connectivity index (χ1n) is 5.46. The second-order valence-electron chi connectivity index (χ2n) is 3.51. The molecular formula is C12H14BrNO2S. The van der Waals surface area contributed by atoms with Crippen molar-refractivity contribution in [1.82, 2.24) is 0 Å². The maximum absolute atomic E-state index is 5.73. The van der Waals surface area contributed by atoms with Crippen LogP contribution in [0, 0.1) is 0 Å². The standard InChI is InChI=1S/C12H14BrNO2S/c1-3-15-12-8(13)4-5-10(17-2)11(12)9-6-7-16-14-9/h4-5H,3,6-7H2,1-2H3. The Labute approximate surface area is 114 Å². The highest BCUT2D eigenvalue weighted by Gasteiger charge is 2.21. The van der Waals surface area contributed by atoms with Crippen molar-refractivity contribution in [2.45, 2.75) is 18.2 Å². The lowest BCUT2D eigenvalue weighted by molar-refractivity contribution is 0.174. The molecule has 3 nitrogen and oxygen atoms in total. The molecule has 1 aliphatic rings. The zero-order valence-corrected chi connectivity index (χ0v) is 12.2. The second kappa shape index (κ2) is 5.78. The van der Waals surface area contributed by atoms with Crippen LogP contribution in [-0.2, 0) is 4.84 Å². The Morgan fingerprint density at radius 1 is 1.53 bits per heavy atom. The molecule has 0 bridgehead atoms. The molecule has 1 aliphatic heterocycles. The third-order valence-corrected chi connectivity index (χ3v) is 3.88. The summed E-state index contributed by atoms with van der Waals surface area (Å²) in [6.45, 7) is 3.27. The first-order chi connectivity index (χ1) is 8.27. The van der Waals surface area contributed by atoms with Gasteiger partial charge >= 0.3 is 0 Å². The number of thioether (sulfide) groups is 1. The van der Waals surface area contributed by atoms with Crippen LogP contribution >= 0.6 is 27.7 Å². The molecule has 0 saturated heterocycles. The molecule has 1 aromatic rings. The third kappa shape index (κ3) is 2.60. The van der Waals surface area contributed by atoms with Crippen molar-refractivity contribution in [3.05, 3.63) is 22.2 Å². The quantitative estimate of drug-likeness (QED) is 0.794. The predicted molar refractivity (Wildman–Crippen MR) is 74.2 cm³/mol. The number of nitrogens with zero attached hydrogens (tertiary/aromatic N) is 1. The van der Waals surface area contributed by atoms with Gasteiger partial charge in [-0.3, -0.25) is 0 Å². The lowest BCUT2D eigenvalue weighted by Crippen LogP contribution is -2.05. The number of hydrogen-bond acceptors (Lipinski definition) is 4. The lowest BCUT2D eigenvalue weighted by Gasteiger charge is -2.14. The Kier molecular flexibility index (Phi) is 4.34. The van der Waals surface area contributed by atoms with Crippen molar-refractivity contribution < 1.29 is 9.57 Å². The molecule has 1 heterocycles. The summed E-state index contributed by atoms with van der Waals surface area (Å²) in [5.74, 6) is 0.864. The van der Waals surface area contributed by atoms with E-state index in [1.165, 1.54) is 4.90 Å². The molecule has 0 unspecified atom stereocenters. The van der Waals surface area contributed by atoms with E-state index in [0.29, 0.717) is 13.2 Å². The minimum atomic E-state index is 0.636. The van der Waals surface area contributed by atoms with Crippen molar-refractivity contribution in [2.24, 2.45) is 5.16 Å². The van der Waals surface area contributed by atoms with Crippen LogP contribution < -0.4 is 4.74 Å². The lowest BCUT2D eigenvalue weighted by atomic mass is 10.1. The van der Waals surface area contributed by atoms with E-state index in [1.807, 2.05) is 13.0 Å².